The summed E-state index contributed by atoms with van der Waals surface area (Å²) in [6, 6.07) is 19.5. The third-order valence-electron chi connectivity index (χ3n) is 5.46. The lowest BCUT2D eigenvalue weighted by Gasteiger charge is -2.29. The number of methoxy groups -OCH3 is 1. The standard InChI is InChI=1S/C25H24N2O6S/c1-32-21-13-11-20(12-14-21)26-34(30,31)22-9-4-7-19(16-22)25(29)33-17-24(28)27-15-5-8-18-6-2-3-10-23(18)27/h2-4,6-7,9-14,16,26H,5,8,15,17H2,1H3. The molecule has 176 valence electrons. The van der Waals surface area contributed by atoms with Crippen LogP contribution in [-0.4, -0.2) is 40.6 Å². The SMILES string of the molecule is COc1ccc(NS(=O)(=O)c2cccc(C(=O)OCC(=O)N3CCCc4ccccc43)c2)cc1. The smallest absolute Gasteiger partial charge is 0.338 e. The number of fused-ring (bicyclic) bond motifs is 1. The van der Waals surface area contributed by atoms with Gasteiger partial charge in [0.25, 0.3) is 15.9 Å². The lowest BCUT2D eigenvalue weighted by Crippen LogP contribution is -2.38. The lowest BCUT2D eigenvalue weighted by atomic mass is 10.0. The Morgan fingerprint density at radius 1 is 1.00 bits per heavy atom. The van der Waals surface area contributed by atoms with E-state index in [1.807, 2.05) is 24.3 Å². The van der Waals surface area contributed by atoms with Gasteiger partial charge in [-0.05, 0) is 66.9 Å². The number of rotatable bonds is 7. The molecule has 0 bridgehead atoms. The normalized spacial score (nSPS) is 13.0. The number of hydrogen-bond donors (Lipinski definition) is 1. The van der Waals surface area contributed by atoms with Crippen LogP contribution in [0, 0.1) is 0 Å². The van der Waals surface area contributed by atoms with Gasteiger partial charge in [-0.15, -0.1) is 0 Å². The van der Waals surface area contributed by atoms with Gasteiger partial charge in [0.15, 0.2) is 6.61 Å². The maximum Gasteiger partial charge on any atom is 0.338 e. The molecule has 1 aliphatic rings. The first kappa shape index (κ1) is 23.3. The van der Waals surface area contributed by atoms with Crippen molar-refractivity contribution < 1.29 is 27.5 Å². The molecule has 0 unspecified atom stereocenters. The second kappa shape index (κ2) is 9.96. The van der Waals surface area contributed by atoms with E-state index in [9.17, 15) is 18.0 Å². The van der Waals surface area contributed by atoms with Gasteiger partial charge in [0.2, 0.25) is 0 Å². The Kier molecular flexibility index (Phi) is 6.83. The Morgan fingerprint density at radius 2 is 1.76 bits per heavy atom. The van der Waals surface area contributed by atoms with Crippen molar-refractivity contribution in [2.75, 3.05) is 29.9 Å². The highest BCUT2D eigenvalue weighted by Crippen LogP contribution is 2.27. The molecule has 9 heteroatoms. The molecule has 4 rings (SSSR count). The molecule has 1 heterocycles. The number of benzene rings is 3. The fraction of sp³-hybridized carbons (Fsp3) is 0.200. The molecule has 0 saturated heterocycles. The quantitative estimate of drug-likeness (QED) is 0.518. The Balaban J connectivity index is 1.42. The summed E-state index contributed by atoms with van der Waals surface area (Å²) in [5.41, 5.74) is 2.29. The van der Waals surface area contributed by atoms with E-state index in [0.29, 0.717) is 18.0 Å². The average Bonchev–Trinajstić information content (AvgIpc) is 2.87. The number of anilines is 2. The summed E-state index contributed by atoms with van der Waals surface area (Å²) in [6.45, 7) is 0.117. The molecule has 8 nitrogen and oxygen atoms in total. The van der Waals surface area contributed by atoms with Crippen LogP contribution in [0.1, 0.15) is 22.3 Å². The molecule has 0 atom stereocenters. The maximum absolute atomic E-state index is 12.8. The highest BCUT2D eigenvalue weighted by molar-refractivity contribution is 7.92. The molecule has 0 radical (unpaired) electrons. The van der Waals surface area contributed by atoms with Crippen LogP contribution in [0.25, 0.3) is 0 Å². The zero-order valence-electron chi connectivity index (χ0n) is 18.6. The van der Waals surface area contributed by atoms with Crippen LogP contribution in [0.2, 0.25) is 0 Å². The minimum absolute atomic E-state index is 0.0319. The predicted molar refractivity (Wildman–Crippen MR) is 128 cm³/mol. The monoisotopic (exact) mass is 480 g/mol. The largest absolute Gasteiger partial charge is 0.497 e. The van der Waals surface area contributed by atoms with Gasteiger partial charge in [0.1, 0.15) is 5.75 Å². The van der Waals surface area contributed by atoms with Crippen molar-refractivity contribution in [3.63, 3.8) is 0 Å². The molecule has 0 spiro atoms. The number of carbonyl (C=O) groups is 2. The van der Waals surface area contributed by atoms with Crippen molar-refractivity contribution in [3.05, 3.63) is 83.9 Å². The topological polar surface area (TPSA) is 102 Å². The summed E-state index contributed by atoms with van der Waals surface area (Å²) in [5.74, 6) is -0.513. The summed E-state index contributed by atoms with van der Waals surface area (Å²) in [4.78, 5) is 26.8. The predicted octanol–water partition coefficient (Wildman–Crippen LogP) is 3.63. The van der Waals surface area contributed by atoms with Crippen molar-refractivity contribution in [2.45, 2.75) is 17.7 Å². The zero-order chi connectivity index (χ0) is 24.1. The van der Waals surface area contributed by atoms with Crippen molar-refractivity contribution in [2.24, 2.45) is 0 Å². The van der Waals surface area contributed by atoms with E-state index in [-0.39, 0.29) is 16.4 Å². The van der Waals surface area contributed by atoms with Gasteiger partial charge in [-0.2, -0.15) is 0 Å². The Labute approximate surface area is 198 Å². The second-order valence-electron chi connectivity index (χ2n) is 7.72. The summed E-state index contributed by atoms with van der Waals surface area (Å²) in [7, 11) is -2.43. The molecule has 0 aromatic heterocycles. The van der Waals surface area contributed by atoms with E-state index >= 15 is 0 Å². The number of esters is 1. The van der Waals surface area contributed by atoms with Crippen molar-refractivity contribution >= 4 is 33.3 Å². The Bertz CT molecular complexity index is 1300. The third-order valence-corrected chi connectivity index (χ3v) is 6.84. The summed E-state index contributed by atoms with van der Waals surface area (Å²) >= 11 is 0. The molecule has 1 N–H and O–H groups in total. The molecule has 3 aromatic carbocycles. The van der Waals surface area contributed by atoms with Crippen molar-refractivity contribution in [1.82, 2.24) is 0 Å². The summed E-state index contributed by atoms with van der Waals surface area (Å²) in [6.07, 6.45) is 1.73. The molecule has 1 aliphatic heterocycles. The van der Waals surface area contributed by atoms with E-state index in [2.05, 4.69) is 4.72 Å². The number of sulfonamides is 1. The number of nitrogens with zero attached hydrogens (tertiary/aromatic N) is 1. The molecular formula is C25H24N2O6S. The summed E-state index contributed by atoms with van der Waals surface area (Å²) < 4.78 is 38.3. The molecule has 0 fully saturated rings. The number of carbonyl (C=O) groups excluding carboxylic acids is 2. The van der Waals surface area contributed by atoms with Gasteiger partial charge in [0, 0.05) is 17.9 Å². The molecule has 0 aliphatic carbocycles. The fourth-order valence-corrected chi connectivity index (χ4v) is 4.85. The van der Waals surface area contributed by atoms with Gasteiger partial charge in [-0.1, -0.05) is 24.3 Å². The van der Waals surface area contributed by atoms with Crippen LogP contribution >= 0.6 is 0 Å². The van der Waals surface area contributed by atoms with Gasteiger partial charge in [-0.25, -0.2) is 13.2 Å². The minimum atomic E-state index is -3.94. The van der Waals surface area contributed by atoms with Gasteiger partial charge >= 0.3 is 5.97 Å². The van der Waals surface area contributed by atoms with Crippen LogP contribution in [-0.2, 0) is 26.0 Å². The molecular weight excluding hydrogens is 456 g/mol. The van der Waals surface area contributed by atoms with Crippen LogP contribution in [0.15, 0.2) is 77.7 Å². The number of ether oxygens (including phenoxy) is 2. The number of amides is 1. The van der Waals surface area contributed by atoms with E-state index in [4.69, 9.17) is 9.47 Å². The lowest BCUT2D eigenvalue weighted by molar-refractivity contribution is -0.121. The third kappa shape index (κ3) is 5.20. The maximum atomic E-state index is 12.8. The first-order valence-corrected chi connectivity index (χ1v) is 12.2. The van der Waals surface area contributed by atoms with Crippen LogP contribution in [0.4, 0.5) is 11.4 Å². The fourth-order valence-electron chi connectivity index (χ4n) is 3.74. The molecule has 3 aromatic rings. The van der Waals surface area contributed by atoms with E-state index < -0.39 is 22.6 Å². The van der Waals surface area contributed by atoms with Gasteiger partial charge in [-0.3, -0.25) is 9.52 Å². The van der Waals surface area contributed by atoms with Crippen LogP contribution in [0.3, 0.4) is 0 Å². The molecule has 34 heavy (non-hydrogen) atoms. The first-order chi connectivity index (χ1) is 16.4. The van der Waals surface area contributed by atoms with E-state index in [0.717, 1.165) is 24.1 Å². The molecule has 1 amide bonds. The van der Waals surface area contributed by atoms with Crippen molar-refractivity contribution in [1.29, 1.82) is 0 Å². The first-order valence-electron chi connectivity index (χ1n) is 10.7. The van der Waals surface area contributed by atoms with Crippen molar-refractivity contribution in [3.8, 4) is 5.75 Å². The van der Waals surface area contributed by atoms with Gasteiger partial charge in [0.05, 0.1) is 17.6 Å². The summed E-state index contributed by atoms with van der Waals surface area (Å²) in [5, 5.41) is 0. The van der Waals surface area contributed by atoms with E-state index in [1.54, 1.807) is 29.2 Å². The van der Waals surface area contributed by atoms with Gasteiger partial charge < -0.3 is 14.4 Å². The zero-order valence-corrected chi connectivity index (χ0v) is 19.4. The van der Waals surface area contributed by atoms with Crippen LogP contribution < -0.4 is 14.4 Å². The second-order valence-corrected chi connectivity index (χ2v) is 9.40. The molecule has 0 saturated carbocycles. The van der Waals surface area contributed by atoms with Crippen LogP contribution in [0.5, 0.6) is 5.75 Å². The number of nitrogens with one attached hydrogen (secondary N) is 1. The number of aryl methyl sites for hydroxylation is 1. The number of para-hydroxylation sites is 1. The highest BCUT2D eigenvalue weighted by atomic mass is 32.2. The average molecular weight is 481 g/mol. The number of hydrogen-bond acceptors (Lipinski definition) is 6. The highest BCUT2D eigenvalue weighted by Gasteiger charge is 2.24. The Hall–Kier alpha value is -3.85. The Morgan fingerprint density at radius 3 is 2.53 bits per heavy atom. The minimum Gasteiger partial charge on any atom is -0.497 e. The van der Waals surface area contributed by atoms with E-state index in [1.165, 1.54) is 31.4 Å².